The highest BCUT2D eigenvalue weighted by molar-refractivity contribution is 6.35. The topological polar surface area (TPSA) is 28.6 Å². The number of ether oxygens (including phenoxy) is 1. The number of hydrogen-bond donors (Lipinski definition) is 0. The van der Waals surface area contributed by atoms with Crippen LogP contribution in [0.4, 0.5) is 11.5 Å². The van der Waals surface area contributed by atoms with E-state index >= 15 is 0 Å². The van der Waals surface area contributed by atoms with Crippen LogP contribution < -0.4 is 14.5 Å². The van der Waals surface area contributed by atoms with Crippen LogP contribution in [0.1, 0.15) is 5.56 Å². The van der Waals surface area contributed by atoms with Crippen molar-refractivity contribution in [3.63, 3.8) is 0 Å². The van der Waals surface area contributed by atoms with Crippen LogP contribution in [0.2, 0.25) is 10.0 Å². The minimum Gasteiger partial charge on any atom is -0.487 e. The van der Waals surface area contributed by atoms with E-state index in [1.165, 1.54) is 5.69 Å². The molecule has 162 valence electrons. The largest absolute Gasteiger partial charge is 0.487 e. The van der Waals surface area contributed by atoms with Crippen molar-refractivity contribution in [3.05, 3.63) is 94.5 Å². The number of anilines is 2. The number of nitrogens with zero attached hydrogens (tertiary/aromatic N) is 3. The highest BCUT2D eigenvalue weighted by atomic mass is 35.5. The molecule has 0 bridgehead atoms. The fourth-order valence-corrected chi connectivity index (χ4v) is 4.49. The summed E-state index contributed by atoms with van der Waals surface area (Å²) in [6, 6.07) is 26.2. The maximum atomic E-state index is 6.31. The molecule has 6 heteroatoms. The van der Waals surface area contributed by atoms with E-state index in [0.29, 0.717) is 16.7 Å². The van der Waals surface area contributed by atoms with Gasteiger partial charge in [0.15, 0.2) is 0 Å². The monoisotopic (exact) mass is 463 g/mol. The number of fused-ring (bicyclic) bond motifs is 1. The van der Waals surface area contributed by atoms with E-state index < -0.39 is 0 Å². The molecule has 1 aromatic heterocycles. The van der Waals surface area contributed by atoms with E-state index in [1.807, 2.05) is 24.3 Å². The lowest BCUT2D eigenvalue weighted by molar-refractivity contribution is 0.309. The van der Waals surface area contributed by atoms with Crippen LogP contribution in [-0.2, 0) is 6.61 Å². The van der Waals surface area contributed by atoms with Crippen molar-refractivity contribution in [1.29, 1.82) is 0 Å². The molecule has 32 heavy (non-hydrogen) atoms. The van der Waals surface area contributed by atoms with Crippen molar-refractivity contribution in [3.8, 4) is 5.75 Å². The van der Waals surface area contributed by atoms with Crippen molar-refractivity contribution in [1.82, 2.24) is 4.98 Å². The Morgan fingerprint density at radius 1 is 0.781 bits per heavy atom. The van der Waals surface area contributed by atoms with Gasteiger partial charge in [0.1, 0.15) is 23.7 Å². The van der Waals surface area contributed by atoms with Gasteiger partial charge in [-0.25, -0.2) is 4.98 Å². The van der Waals surface area contributed by atoms with Crippen molar-refractivity contribution in [2.45, 2.75) is 6.61 Å². The van der Waals surface area contributed by atoms with Gasteiger partial charge >= 0.3 is 0 Å². The Hall–Kier alpha value is -2.95. The second kappa shape index (κ2) is 9.27. The molecule has 0 radical (unpaired) electrons. The second-order valence-electron chi connectivity index (χ2n) is 7.83. The lowest BCUT2D eigenvalue weighted by Gasteiger charge is -2.36. The van der Waals surface area contributed by atoms with Gasteiger partial charge in [-0.3, -0.25) is 0 Å². The van der Waals surface area contributed by atoms with E-state index in [0.717, 1.165) is 54.2 Å². The molecule has 0 saturated carbocycles. The zero-order valence-electron chi connectivity index (χ0n) is 17.5. The third-order valence-corrected chi connectivity index (χ3v) is 6.38. The molecule has 3 aromatic carbocycles. The molecule has 0 spiro atoms. The predicted octanol–water partition coefficient (Wildman–Crippen LogP) is 6.45. The van der Waals surface area contributed by atoms with Crippen molar-refractivity contribution < 1.29 is 4.74 Å². The molecular formula is C26H23Cl2N3O. The molecule has 1 saturated heterocycles. The smallest absolute Gasteiger partial charge is 0.146 e. The maximum Gasteiger partial charge on any atom is 0.146 e. The fraction of sp³-hybridized carbons (Fsp3) is 0.192. The van der Waals surface area contributed by atoms with Crippen LogP contribution in [0.5, 0.6) is 5.75 Å². The molecule has 2 heterocycles. The van der Waals surface area contributed by atoms with Gasteiger partial charge in [-0.1, -0.05) is 59.6 Å². The van der Waals surface area contributed by atoms with Crippen LogP contribution in [0, 0.1) is 0 Å². The fourth-order valence-electron chi connectivity index (χ4n) is 4.03. The number of rotatable bonds is 5. The van der Waals surface area contributed by atoms with Crippen LogP contribution in [0.15, 0.2) is 78.9 Å². The Morgan fingerprint density at radius 3 is 2.34 bits per heavy atom. The quantitative estimate of drug-likeness (QED) is 0.340. The van der Waals surface area contributed by atoms with Crippen molar-refractivity contribution in [2.75, 3.05) is 36.0 Å². The Morgan fingerprint density at radius 2 is 1.56 bits per heavy atom. The predicted molar refractivity (Wildman–Crippen MR) is 133 cm³/mol. The van der Waals surface area contributed by atoms with Crippen LogP contribution in [-0.4, -0.2) is 31.2 Å². The van der Waals surface area contributed by atoms with Crippen molar-refractivity contribution in [2.24, 2.45) is 0 Å². The average molecular weight is 464 g/mol. The normalized spacial score (nSPS) is 14.1. The first kappa shape index (κ1) is 20.9. The van der Waals surface area contributed by atoms with Gasteiger partial charge in [-0.05, 0) is 42.5 Å². The van der Waals surface area contributed by atoms with Gasteiger partial charge in [0.2, 0.25) is 0 Å². The number of aromatic nitrogens is 1. The molecule has 1 aliphatic heterocycles. The first-order chi connectivity index (χ1) is 15.7. The molecule has 0 unspecified atom stereocenters. The Balaban J connectivity index is 1.33. The maximum absolute atomic E-state index is 6.31. The molecule has 0 N–H and O–H groups in total. The number of para-hydroxylation sites is 2. The summed E-state index contributed by atoms with van der Waals surface area (Å²) in [6.07, 6.45) is 0. The Labute approximate surface area is 198 Å². The van der Waals surface area contributed by atoms with Gasteiger partial charge in [-0.15, -0.1) is 0 Å². The SMILES string of the molecule is Clc1ccc(COc2cccc3ccc(N4CCN(c5ccccc5)CC4)nc23)c(Cl)c1. The van der Waals surface area contributed by atoms with Gasteiger partial charge in [-0.2, -0.15) is 0 Å². The number of piperazine rings is 1. The third-order valence-electron chi connectivity index (χ3n) is 5.79. The molecule has 1 aliphatic rings. The molecule has 0 amide bonds. The Bertz CT molecular complexity index is 1220. The number of pyridine rings is 1. The lowest BCUT2D eigenvalue weighted by Crippen LogP contribution is -2.46. The molecule has 0 aliphatic carbocycles. The summed E-state index contributed by atoms with van der Waals surface area (Å²) in [5.41, 5.74) is 3.03. The summed E-state index contributed by atoms with van der Waals surface area (Å²) in [7, 11) is 0. The van der Waals surface area contributed by atoms with Gasteiger partial charge in [0, 0.05) is 52.9 Å². The lowest BCUT2D eigenvalue weighted by atomic mass is 10.2. The molecule has 4 aromatic rings. The summed E-state index contributed by atoms with van der Waals surface area (Å²) < 4.78 is 6.13. The minimum absolute atomic E-state index is 0.358. The summed E-state index contributed by atoms with van der Waals surface area (Å²) >= 11 is 12.3. The van der Waals surface area contributed by atoms with E-state index in [9.17, 15) is 0 Å². The van der Waals surface area contributed by atoms with Gasteiger partial charge in [0.05, 0.1) is 0 Å². The third kappa shape index (κ3) is 4.47. The zero-order chi connectivity index (χ0) is 21.9. The summed E-state index contributed by atoms with van der Waals surface area (Å²) in [5, 5.41) is 2.27. The summed E-state index contributed by atoms with van der Waals surface area (Å²) in [5.74, 6) is 1.73. The molecular weight excluding hydrogens is 441 g/mol. The molecule has 1 fully saturated rings. The Kier molecular flexibility index (Phi) is 6.06. The molecule has 5 rings (SSSR count). The van der Waals surface area contributed by atoms with Gasteiger partial charge < -0.3 is 14.5 Å². The molecule has 4 nitrogen and oxygen atoms in total. The first-order valence-corrected chi connectivity index (χ1v) is 11.4. The number of benzene rings is 3. The summed E-state index contributed by atoms with van der Waals surface area (Å²) in [4.78, 5) is 9.73. The highest BCUT2D eigenvalue weighted by Gasteiger charge is 2.19. The van der Waals surface area contributed by atoms with Crippen LogP contribution in [0.3, 0.4) is 0 Å². The van der Waals surface area contributed by atoms with Crippen LogP contribution >= 0.6 is 23.2 Å². The number of hydrogen-bond acceptors (Lipinski definition) is 4. The van der Waals surface area contributed by atoms with Crippen LogP contribution in [0.25, 0.3) is 10.9 Å². The first-order valence-electron chi connectivity index (χ1n) is 10.7. The average Bonchev–Trinajstić information content (AvgIpc) is 2.84. The second-order valence-corrected chi connectivity index (χ2v) is 8.68. The number of halogens is 2. The minimum atomic E-state index is 0.358. The molecule has 0 atom stereocenters. The zero-order valence-corrected chi connectivity index (χ0v) is 19.1. The van der Waals surface area contributed by atoms with Gasteiger partial charge in [0.25, 0.3) is 0 Å². The van der Waals surface area contributed by atoms with E-state index in [2.05, 4.69) is 58.3 Å². The van der Waals surface area contributed by atoms with E-state index in [1.54, 1.807) is 6.07 Å². The van der Waals surface area contributed by atoms with Crippen molar-refractivity contribution >= 4 is 45.6 Å². The standard InChI is InChI=1S/C26H23Cl2N3O/c27-21-11-9-20(23(28)17-21)18-32-24-8-4-5-19-10-12-25(29-26(19)24)31-15-13-30(14-16-31)22-6-2-1-3-7-22/h1-12,17H,13-16,18H2. The van der Waals surface area contributed by atoms with E-state index in [-0.39, 0.29) is 0 Å². The van der Waals surface area contributed by atoms with E-state index in [4.69, 9.17) is 32.9 Å². The highest BCUT2D eigenvalue weighted by Crippen LogP contribution is 2.29. The summed E-state index contributed by atoms with van der Waals surface area (Å²) in [6.45, 7) is 4.15.